The lowest BCUT2D eigenvalue weighted by Crippen LogP contribution is -2.54. The Morgan fingerprint density at radius 2 is 2.11 bits per heavy atom. The number of rotatable bonds is 5. The fourth-order valence-electron chi connectivity index (χ4n) is 2.60. The van der Waals surface area contributed by atoms with Crippen LogP contribution in [0.25, 0.3) is 0 Å². The summed E-state index contributed by atoms with van der Waals surface area (Å²) >= 11 is 0. The molecule has 2 aliphatic rings. The van der Waals surface area contributed by atoms with Crippen LogP contribution in [0.1, 0.15) is 32.1 Å². The minimum Gasteiger partial charge on any atom is -0.481 e. The second kappa shape index (κ2) is 6.75. The van der Waals surface area contributed by atoms with Crippen LogP contribution in [0.3, 0.4) is 0 Å². The van der Waals surface area contributed by atoms with Crippen molar-refractivity contribution < 1.29 is 19.4 Å². The predicted molar refractivity (Wildman–Crippen MR) is 68.9 cm³/mol. The highest BCUT2D eigenvalue weighted by molar-refractivity contribution is 5.75. The summed E-state index contributed by atoms with van der Waals surface area (Å²) in [6.07, 6.45) is 4.73. The van der Waals surface area contributed by atoms with E-state index in [0.29, 0.717) is 19.6 Å². The van der Waals surface area contributed by atoms with Gasteiger partial charge in [-0.05, 0) is 25.7 Å². The average Bonchev–Trinajstić information content (AvgIpc) is 2.34. The van der Waals surface area contributed by atoms with Crippen LogP contribution in [0, 0.1) is 5.92 Å². The van der Waals surface area contributed by atoms with E-state index in [0.717, 1.165) is 25.9 Å². The van der Waals surface area contributed by atoms with Crippen LogP contribution >= 0.6 is 0 Å². The molecule has 2 saturated heterocycles. The zero-order valence-electron chi connectivity index (χ0n) is 11.1. The molecule has 2 fully saturated rings. The molecule has 0 radical (unpaired) electrons. The maximum atomic E-state index is 11.7. The van der Waals surface area contributed by atoms with E-state index in [1.54, 1.807) is 4.90 Å². The third kappa shape index (κ3) is 4.38. The Bertz CT molecular complexity index is 323. The minimum absolute atomic E-state index is 0.0857. The SMILES string of the molecule is O=C(O)CC1CN(C(=O)NCCC2CCCCO2)C1. The third-order valence-electron chi connectivity index (χ3n) is 3.72. The van der Waals surface area contributed by atoms with Gasteiger partial charge in [-0.1, -0.05) is 0 Å². The van der Waals surface area contributed by atoms with E-state index in [1.165, 1.54) is 6.42 Å². The topological polar surface area (TPSA) is 78.9 Å². The summed E-state index contributed by atoms with van der Waals surface area (Å²) in [5, 5.41) is 11.5. The number of carbonyl (C=O) groups is 2. The van der Waals surface area contributed by atoms with Crippen molar-refractivity contribution >= 4 is 12.0 Å². The zero-order valence-corrected chi connectivity index (χ0v) is 11.1. The standard InChI is InChI=1S/C13H22N2O4/c16-12(17)7-10-8-15(9-10)13(18)14-5-4-11-3-1-2-6-19-11/h10-11H,1-9H2,(H,14,18)(H,16,17). The monoisotopic (exact) mass is 270 g/mol. The van der Waals surface area contributed by atoms with E-state index in [9.17, 15) is 9.59 Å². The Labute approximate surface area is 113 Å². The largest absolute Gasteiger partial charge is 0.481 e. The van der Waals surface area contributed by atoms with E-state index in [4.69, 9.17) is 9.84 Å². The van der Waals surface area contributed by atoms with Crippen LogP contribution in [-0.2, 0) is 9.53 Å². The fourth-order valence-corrected chi connectivity index (χ4v) is 2.60. The number of amides is 2. The Hall–Kier alpha value is -1.30. The van der Waals surface area contributed by atoms with E-state index in [1.807, 2.05) is 0 Å². The second-order valence-electron chi connectivity index (χ2n) is 5.38. The van der Waals surface area contributed by atoms with Crippen LogP contribution in [0.15, 0.2) is 0 Å². The van der Waals surface area contributed by atoms with Crippen molar-refractivity contribution in [2.24, 2.45) is 5.92 Å². The number of ether oxygens (including phenoxy) is 1. The van der Waals surface area contributed by atoms with Gasteiger partial charge in [0.2, 0.25) is 0 Å². The molecule has 1 unspecified atom stereocenters. The number of aliphatic carboxylic acids is 1. The molecule has 0 aromatic heterocycles. The molecule has 6 nitrogen and oxygen atoms in total. The van der Waals surface area contributed by atoms with Gasteiger partial charge in [-0.15, -0.1) is 0 Å². The summed E-state index contributed by atoms with van der Waals surface area (Å²) < 4.78 is 5.59. The summed E-state index contributed by atoms with van der Waals surface area (Å²) in [5.74, 6) is -0.676. The van der Waals surface area contributed by atoms with Gasteiger partial charge in [-0.3, -0.25) is 4.79 Å². The predicted octanol–water partition coefficient (Wildman–Crippen LogP) is 1.06. The molecule has 2 aliphatic heterocycles. The normalized spacial score (nSPS) is 23.8. The number of likely N-dealkylation sites (tertiary alicyclic amines) is 1. The number of carboxylic acid groups (broad SMARTS) is 1. The molecule has 0 saturated carbocycles. The van der Waals surface area contributed by atoms with Gasteiger partial charge in [-0.25, -0.2) is 4.79 Å². The maximum absolute atomic E-state index is 11.7. The van der Waals surface area contributed by atoms with Gasteiger partial charge in [-0.2, -0.15) is 0 Å². The fraction of sp³-hybridized carbons (Fsp3) is 0.846. The van der Waals surface area contributed by atoms with Gasteiger partial charge in [0.1, 0.15) is 0 Å². The van der Waals surface area contributed by atoms with Gasteiger partial charge in [0, 0.05) is 32.2 Å². The van der Waals surface area contributed by atoms with Crippen molar-refractivity contribution in [2.45, 2.75) is 38.2 Å². The Balaban J connectivity index is 1.54. The first-order valence-corrected chi connectivity index (χ1v) is 7.01. The Kier molecular flexibility index (Phi) is 5.01. The second-order valence-corrected chi connectivity index (χ2v) is 5.38. The van der Waals surface area contributed by atoms with E-state index >= 15 is 0 Å². The zero-order chi connectivity index (χ0) is 13.7. The summed E-state index contributed by atoms with van der Waals surface area (Å²) in [7, 11) is 0. The smallest absolute Gasteiger partial charge is 0.317 e. The molecular weight excluding hydrogens is 248 g/mol. The summed E-state index contributed by atoms with van der Waals surface area (Å²) in [6.45, 7) is 2.57. The molecule has 19 heavy (non-hydrogen) atoms. The number of urea groups is 1. The molecule has 0 aliphatic carbocycles. The molecule has 2 N–H and O–H groups in total. The number of nitrogens with one attached hydrogen (secondary N) is 1. The molecule has 1 atom stereocenters. The Morgan fingerprint density at radius 3 is 2.74 bits per heavy atom. The number of nitrogens with zero attached hydrogens (tertiary/aromatic N) is 1. The van der Waals surface area contributed by atoms with Crippen molar-refractivity contribution in [1.82, 2.24) is 10.2 Å². The number of carboxylic acids is 1. The number of hydrogen-bond acceptors (Lipinski definition) is 3. The van der Waals surface area contributed by atoms with Crippen LogP contribution < -0.4 is 5.32 Å². The first-order valence-electron chi connectivity index (χ1n) is 7.01. The third-order valence-corrected chi connectivity index (χ3v) is 3.72. The minimum atomic E-state index is -0.792. The van der Waals surface area contributed by atoms with Crippen LogP contribution in [-0.4, -0.2) is 54.4 Å². The summed E-state index contributed by atoms with van der Waals surface area (Å²) in [5.41, 5.74) is 0. The molecule has 0 bridgehead atoms. The van der Waals surface area contributed by atoms with E-state index in [2.05, 4.69) is 5.32 Å². The van der Waals surface area contributed by atoms with E-state index in [-0.39, 0.29) is 24.5 Å². The molecule has 2 rings (SSSR count). The summed E-state index contributed by atoms with van der Waals surface area (Å²) in [4.78, 5) is 23.9. The number of hydrogen-bond donors (Lipinski definition) is 2. The van der Waals surface area contributed by atoms with Gasteiger partial charge in [0.15, 0.2) is 0 Å². The van der Waals surface area contributed by atoms with Crippen molar-refractivity contribution in [3.05, 3.63) is 0 Å². The van der Waals surface area contributed by atoms with Crippen molar-refractivity contribution in [3.8, 4) is 0 Å². The van der Waals surface area contributed by atoms with E-state index < -0.39 is 5.97 Å². The molecule has 2 heterocycles. The highest BCUT2D eigenvalue weighted by Crippen LogP contribution is 2.19. The van der Waals surface area contributed by atoms with Gasteiger partial charge in [0.25, 0.3) is 0 Å². The summed E-state index contributed by atoms with van der Waals surface area (Å²) in [6, 6.07) is -0.0857. The van der Waals surface area contributed by atoms with Gasteiger partial charge >= 0.3 is 12.0 Å². The van der Waals surface area contributed by atoms with Crippen LogP contribution in [0.4, 0.5) is 4.79 Å². The molecule has 108 valence electrons. The maximum Gasteiger partial charge on any atom is 0.317 e. The molecule has 2 amide bonds. The number of carbonyl (C=O) groups excluding carboxylic acids is 1. The first kappa shape index (κ1) is 14.1. The molecule has 0 aromatic rings. The lowest BCUT2D eigenvalue weighted by molar-refractivity contribution is -0.139. The highest BCUT2D eigenvalue weighted by atomic mass is 16.5. The molecule has 0 spiro atoms. The quantitative estimate of drug-likeness (QED) is 0.783. The van der Waals surface area contributed by atoms with Gasteiger partial charge in [0.05, 0.1) is 12.5 Å². The lowest BCUT2D eigenvalue weighted by atomic mass is 9.97. The highest BCUT2D eigenvalue weighted by Gasteiger charge is 2.31. The van der Waals surface area contributed by atoms with Crippen molar-refractivity contribution in [3.63, 3.8) is 0 Å². The average molecular weight is 270 g/mol. The van der Waals surface area contributed by atoms with Gasteiger partial charge < -0.3 is 20.1 Å². The van der Waals surface area contributed by atoms with Crippen molar-refractivity contribution in [2.75, 3.05) is 26.2 Å². The molecular formula is C13H22N2O4. The molecule has 6 heteroatoms. The van der Waals surface area contributed by atoms with Crippen LogP contribution in [0.5, 0.6) is 0 Å². The molecule has 0 aromatic carbocycles. The Morgan fingerprint density at radius 1 is 1.32 bits per heavy atom. The van der Waals surface area contributed by atoms with Crippen LogP contribution in [0.2, 0.25) is 0 Å². The lowest BCUT2D eigenvalue weighted by Gasteiger charge is -2.38. The first-order chi connectivity index (χ1) is 9.15. The van der Waals surface area contributed by atoms with Crippen molar-refractivity contribution in [1.29, 1.82) is 0 Å².